The van der Waals surface area contributed by atoms with E-state index in [0.29, 0.717) is 16.8 Å². The molecule has 3 rings (SSSR count). The van der Waals surface area contributed by atoms with E-state index >= 15 is 0 Å². The van der Waals surface area contributed by atoms with E-state index in [4.69, 9.17) is 10.8 Å². The normalized spacial score (nSPS) is 10.3. The number of carbonyl (C=O) groups is 2. The van der Waals surface area contributed by atoms with Crippen molar-refractivity contribution in [1.82, 2.24) is 5.32 Å². The molecule has 0 saturated carbocycles. The molecular weight excluding hydrogens is 328 g/mol. The van der Waals surface area contributed by atoms with Crippen LogP contribution in [0.2, 0.25) is 0 Å². The molecule has 0 saturated heterocycles. The van der Waals surface area contributed by atoms with Crippen molar-refractivity contribution in [2.24, 2.45) is 0 Å². The van der Waals surface area contributed by atoms with Crippen LogP contribution in [0.4, 0.5) is 5.69 Å². The predicted octanol–water partition coefficient (Wildman–Crippen LogP) is 3.66. The second-order valence-corrected chi connectivity index (χ2v) is 5.89. The number of carbonyl (C=O) groups excluding carboxylic acids is 2. The molecule has 2 N–H and O–H groups in total. The lowest BCUT2D eigenvalue weighted by molar-refractivity contribution is 0.0959. The summed E-state index contributed by atoms with van der Waals surface area (Å²) in [5.41, 5.74) is 3.13. The summed E-state index contributed by atoms with van der Waals surface area (Å²) >= 11 is 0. The number of fused-ring (bicyclic) bond motifs is 1. The van der Waals surface area contributed by atoms with E-state index in [9.17, 15) is 9.59 Å². The van der Waals surface area contributed by atoms with Crippen LogP contribution in [-0.4, -0.2) is 18.4 Å². The van der Waals surface area contributed by atoms with E-state index in [0.717, 1.165) is 16.5 Å². The summed E-state index contributed by atoms with van der Waals surface area (Å²) in [6, 6.07) is 12.5. The molecule has 0 fully saturated rings. The molecule has 0 atom stereocenters. The topological polar surface area (TPSA) is 71.3 Å². The summed E-state index contributed by atoms with van der Waals surface area (Å²) in [5, 5.41) is 6.25. The maximum atomic E-state index is 12.7. The van der Waals surface area contributed by atoms with Gasteiger partial charge in [0.05, 0.1) is 17.8 Å². The van der Waals surface area contributed by atoms with Gasteiger partial charge < -0.3 is 15.1 Å². The number of nitrogens with one attached hydrogen (secondary N) is 2. The first-order chi connectivity index (χ1) is 12.5. The molecule has 5 heteroatoms. The summed E-state index contributed by atoms with van der Waals surface area (Å²) in [6.45, 7) is 3.88. The highest BCUT2D eigenvalue weighted by molar-refractivity contribution is 6.10. The minimum atomic E-state index is -0.407. The van der Waals surface area contributed by atoms with Crippen molar-refractivity contribution in [3.05, 3.63) is 64.9 Å². The van der Waals surface area contributed by atoms with Crippen LogP contribution in [0.15, 0.2) is 46.9 Å². The minimum absolute atomic E-state index is 0.114. The van der Waals surface area contributed by atoms with Gasteiger partial charge in [-0.2, -0.15) is 0 Å². The first-order valence-electron chi connectivity index (χ1n) is 8.13. The maximum Gasteiger partial charge on any atom is 0.291 e. The van der Waals surface area contributed by atoms with Crippen molar-refractivity contribution in [1.29, 1.82) is 0 Å². The van der Waals surface area contributed by atoms with Crippen molar-refractivity contribution >= 4 is 28.5 Å². The van der Waals surface area contributed by atoms with Crippen molar-refractivity contribution < 1.29 is 14.0 Å². The van der Waals surface area contributed by atoms with Crippen LogP contribution in [0.1, 0.15) is 32.0 Å². The fourth-order valence-electron chi connectivity index (χ4n) is 2.80. The first-order valence-corrected chi connectivity index (χ1v) is 8.13. The molecule has 1 aromatic heterocycles. The number of benzene rings is 2. The highest BCUT2D eigenvalue weighted by atomic mass is 16.3. The number of para-hydroxylation sites is 2. The van der Waals surface area contributed by atoms with Gasteiger partial charge in [-0.3, -0.25) is 9.59 Å². The monoisotopic (exact) mass is 346 g/mol. The Kier molecular flexibility index (Phi) is 4.76. The summed E-state index contributed by atoms with van der Waals surface area (Å²) in [4.78, 5) is 24.9. The number of anilines is 1. The molecule has 0 spiro atoms. The van der Waals surface area contributed by atoms with Gasteiger partial charge in [0.15, 0.2) is 5.76 Å². The zero-order chi connectivity index (χ0) is 18.7. The Morgan fingerprint density at radius 1 is 1.08 bits per heavy atom. The third-order valence-electron chi connectivity index (χ3n) is 4.14. The van der Waals surface area contributed by atoms with Crippen molar-refractivity contribution in [2.45, 2.75) is 13.8 Å². The summed E-state index contributed by atoms with van der Waals surface area (Å²) in [5.74, 6) is 1.82. The summed E-state index contributed by atoms with van der Waals surface area (Å²) in [6.07, 6.45) is 5.17. The number of terminal acetylenes is 1. The second kappa shape index (κ2) is 7.16. The molecule has 0 radical (unpaired) electrons. The van der Waals surface area contributed by atoms with Crippen LogP contribution in [-0.2, 0) is 0 Å². The average Bonchev–Trinajstić information content (AvgIpc) is 2.98. The largest absolute Gasteiger partial charge is 0.450 e. The summed E-state index contributed by atoms with van der Waals surface area (Å²) < 4.78 is 5.79. The lowest BCUT2D eigenvalue weighted by atomic mass is 10.1. The van der Waals surface area contributed by atoms with E-state index < -0.39 is 5.91 Å². The molecule has 0 aliphatic carbocycles. The molecule has 0 aliphatic heterocycles. The Labute approximate surface area is 151 Å². The Balaban J connectivity index is 1.92. The van der Waals surface area contributed by atoms with E-state index in [1.54, 1.807) is 24.3 Å². The highest BCUT2D eigenvalue weighted by Crippen LogP contribution is 2.28. The molecule has 2 aromatic carbocycles. The number of amides is 2. The predicted molar refractivity (Wildman–Crippen MR) is 101 cm³/mol. The fraction of sp³-hybridized carbons (Fsp3) is 0.143. The third kappa shape index (κ3) is 3.17. The average molecular weight is 346 g/mol. The second-order valence-electron chi connectivity index (χ2n) is 5.89. The van der Waals surface area contributed by atoms with Gasteiger partial charge in [0.25, 0.3) is 11.8 Å². The number of hydrogen-bond donors (Lipinski definition) is 2. The van der Waals surface area contributed by atoms with Crippen LogP contribution in [0.25, 0.3) is 11.0 Å². The quantitative estimate of drug-likeness (QED) is 0.708. The van der Waals surface area contributed by atoms with Gasteiger partial charge in [-0.1, -0.05) is 36.3 Å². The molecule has 0 bridgehead atoms. The van der Waals surface area contributed by atoms with Crippen LogP contribution in [0.5, 0.6) is 0 Å². The van der Waals surface area contributed by atoms with Gasteiger partial charge in [0.1, 0.15) is 5.58 Å². The molecule has 1 heterocycles. The Hall–Kier alpha value is -3.52. The molecule has 0 aliphatic rings. The fourth-order valence-corrected chi connectivity index (χ4v) is 2.80. The van der Waals surface area contributed by atoms with Gasteiger partial charge in [0.2, 0.25) is 0 Å². The Morgan fingerprint density at radius 3 is 2.58 bits per heavy atom. The van der Waals surface area contributed by atoms with Crippen LogP contribution in [0.3, 0.4) is 0 Å². The van der Waals surface area contributed by atoms with Gasteiger partial charge in [-0.25, -0.2) is 0 Å². The zero-order valence-electron chi connectivity index (χ0n) is 14.6. The van der Waals surface area contributed by atoms with Crippen LogP contribution < -0.4 is 10.6 Å². The highest BCUT2D eigenvalue weighted by Gasteiger charge is 2.20. The van der Waals surface area contributed by atoms with E-state index in [-0.39, 0.29) is 18.2 Å². The van der Waals surface area contributed by atoms with E-state index in [1.165, 1.54) is 0 Å². The number of aryl methyl sites for hydroxylation is 2. The molecule has 2 amide bonds. The van der Waals surface area contributed by atoms with Gasteiger partial charge in [-0.05, 0) is 31.5 Å². The van der Waals surface area contributed by atoms with Gasteiger partial charge in [0, 0.05) is 10.9 Å². The number of hydrogen-bond acceptors (Lipinski definition) is 3. The maximum absolute atomic E-state index is 12.7. The molecule has 3 aromatic rings. The first kappa shape index (κ1) is 17.3. The van der Waals surface area contributed by atoms with Gasteiger partial charge in [-0.15, -0.1) is 6.42 Å². The molecule has 130 valence electrons. The Morgan fingerprint density at radius 2 is 1.85 bits per heavy atom. The van der Waals surface area contributed by atoms with Crippen LogP contribution >= 0.6 is 0 Å². The van der Waals surface area contributed by atoms with Crippen molar-refractivity contribution in [2.75, 3.05) is 11.9 Å². The lowest BCUT2D eigenvalue weighted by Gasteiger charge is -2.10. The minimum Gasteiger partial charge on any atom is -0.450 e. The third-order valence-corrected chi connectivity index (χ3v) is 4.14. The number of furan rings is 1. The Bertz CT molecular complexity index is 1040. The molecule has 26 heavy (non-hydrogen) atoms. The van der Waals surface area contributed by atoms with E-state index in [2.05, 4.69) is 16.6 Å². The molecular formula is C21H18N2O3. The lowest BCUT2D eigenvalue weighted by Crippen LogP contribution is -2.25. The van der Waals surface area contributed by atoms with Crippen molar-refractivity contribution in [3.63, 3.8) is 0 Å². The van der Waals surface area contributed by atoms with E-state index in [1.807, 2.05) is 32.0 Å². The SMILES string of the molecule is C#CCNC(=O)c1ccccc1NC(=O)c1oc2c(C)cccc2c1C. The summed E-state index contributed by atoms with van der Waals surface area (Å²) in [7, 11) is 0. The zero-order valence-corrected chi connectivity index (χ0v) is 14.6. The molecule has 0 unspecified atom stereocenters. The van der Waals surface area contributed by atoms with Gasteiger partial charge >= 0.3 is 0 Å². The number of rotatable bonds is 4. The smallest absolute Gasteiger partial charge is 0.291 e. The van der Waals surface area contributed by atoms with Crippen molar-refractivity contribution in [3.8, 4) is 12.3 Å². The molecule has 5 nitrogen and oxygen atoms in total. The standard InChI is InChI=1S/C21H18N2O3/c1-4-12-22-20(24)16-9-5-6-11-17(16)23-21(25)19-14(3)15-10-7-8-13(2)18(15)26-19/h1,5-11H,12H2,2-3H3,(H,22,24)(H,23,25). The van der Waals surface area contributed by atoms with Crippen LogP contribution in [0, 0.1) is 26.2 Å².